The number of nitrogens with zero attached hydrogens (tertiary/aromatic N) is 3. The van der Waals surface area contributed by atoms with Crippen molar-refractivity contribution in [2.24, 2.45) is 0 Å². The molecular formula is C18H19N5O3. The fraction of sp³-hybridized carbons (Fsp3) is 0.222. The standard InChI is InChI=1S/C18H19N5O3/c1-3-4-9-26-12(2)17(24)22-14-7-5-6-8-15(14)23-16-13(10-21-23)18(25)20-11-19-16/h3,5-8,10-12H,1,4,9H2,2H3,(H,22,24)(H,19,20,25). The average molecular weight is 353 g/mol. The summed E-state index contributed by atoms with van der Waals surface area (Å²) in [6.45, 7) is 5.73. The van der Waals surface area contributed by atoms with E-state index in [4.69, 9.17) is 4.74 Å². The Kier molecular flexibility index (Phi) is 5.23. The van der Waals surface area contributed by atoms with E-state index in [1.165, 1.54) is 17.2 Å². The summed E-state index contributed by atoms with van der Waals surface area (Å²) in [5, 5.41) is 7.45. The molecule has 26 heavy (non-hydrogen) atoms. The Morgan fingerprint density at radius 2 is 2.27 bits per heavy atom. The van der Waals surface area contributed by atoms with E-state index >= 15 is 0 Å². The van der Waals surface area contributed by atoms with Crippen LogP contribution < -0.4 is 10.9 Å². The number of aromatic amines is 1. The van der Waals surface area contributed by atoms with Crippen molar-refractivity contribution in [1.82, 2.24) is 19.7 Å². The third-order valence-corrected chi connectivity index (χ3v) is 3.82. The van der Waals surface area contributed by atoms with Crippen LogP contribution >= 0.6 is 0 Å². The molecule has 8 nitrogen and oxygen atoms in total. The van der Waals surface area contributed by atoms with Crippen LogP contribution in [0.1, 0.15) is 13.3 Å². The van der Waals surface area contributed by atoms with Gasteiger partial charge in [-0.05, 0) is 25.5 Å². The zero-order chi connectivity index (χ0) is 18.5. The Morgan fingerprint density at radius 1 is 1.46 bits per heavy atom. The molecule has 1 aromatic carbocycles. The topological polar surface area (TPSA) is 102 Å². The third kappa shape index (κ3) is 3.55. The number of nitrogens with one attached hydrogen (secondary N) is 2. The van der Waals surface area contributed by atoms with Crippen molar-refractivity contribution in [2.45, 2.75) is 19.4 Å². The van der Waals surface area contributed by atoms with Crippen molar-refractivity contribution in [2.75, 3.05) is 11.9 Å². The maximum Gasteiger partial charge on any atom is 0.261 e. The number of aromatic nitrogens is 4. The quantitative estimate of drug-likeness (QED) is 0.500. The van der Waals surface area contributed by atoms with Crippen molar-refractivity contribution in [3.05, 3.63) is 59.8 Å². The summed E-state index contributed by atoms with van der Waals surface area (Å²) < 4.78 is 6.99. The second-order valence-electron chi connectivity index (χ2n) is 5.62. The highest BCUT2D eigenvalue weighted by molar-refractivity contribution is 5.96. The number of H-pyrrole nitrogens is 1. The number of rotatable bonds is 7. The van der Waals surface area contributed by atoms with Gasteiger partial charge in [0.25, 0.3) is 11.5 Å². The van der Waals surface area contributed by atoms with E-state index in [1.807, 2.05) is 6.07 Å². The maximum atomic E-state index is 12.4. The van der Waals surface area contributed by atoms with Gasteiger partial charge in [-0.3, -0.25) is 9.59 Å². The minimum atomic E-state index is -0.613. The Balaban J connectivity index is 1.89. The molecule has 3 aromatic rings. The molecule has 8 heteroatoms. The Labute approximate surface area is 149 Å². The molecule has 0 fully saturated rings. The highest BCUT2D eigenvalue weighted by atomic mass is 16.5. The molecule has 0 saturated carbocycles. The molecule has 2 aromatic heterocycles. The van der Waals surface area contributed by atoms with E-state index in [0.717, 1.165) is 0 Å². The normalized spacial score (nSPS) is 12.0. The molecule has 1 amide bonds. The predicted molar refractivity (Wildman–Crippen MR) is 98.3 cm³/mol. The van der Waals surface area contributed by atoms with Gasteiger partial charge < -0.3 is 15.0 Å². The minimum Gasteiger partial charge on any atom is -0.368 e. The molecule has 0 aliphatic rings. The van der Waals surface area contributed by atoms with Crippen molar-refractivity contribution < 1.29 is 9.53 Å². The summed E-state index contributed by atoms with van der Waals surface area (Å²) in [6, 6.07) is 7.16. The highest BCUT2D eigenvalue weighted by Crippen LogP contribution is 2.22. The maximum absolute atomic E-state index is 12.4. The smallest absolute Gasteiger partial charge is 0.261 e. The van der Waals surface area contributed by atoms with Gasteiger partial charge in [0.1, 0.15) is 11.5 Å². The number of ether oxygens (including phenoxy) is 1. The molecule has 0 aliphatic heterocycles. The Morgan fingerprint density at radius 3 is 3.08 bits per heavy atom. The number of carbonyl (C=O) groups excluding carboxylic acids is 1. The van der Waals surface area contributed by atoms with Gasteiger partial charge in [0.15, 0.2) is 5.65 Å². The van der Waals surface area contributed by atoms with Crippen molar-refractivity contribution in [3.8, 4) is 5.69 Å². The van der Waals surface area contributed by atoms with Gasteiger partial charge in [0.05, 0.1) is 30.5 Å². The van der Waals surface area contributed by atoms with Gasteiger partial charge >= 0.3 is 0 Å². The first kappa shape index (κ1) is 17.6. The van der Waals surface area contributed by atoms with E-state index in [9.17, 15) is 9.59 Å². The van der Waals surface area contributed by atoms with Crippen LogP contribution in [0, 0.1) is 0 Å². The molecular weight excluding hydrogens is 334 g/mol. The number of anilines is 1. The van der Waals surface area contributed by atoms with Gasteiger partial charge in [-0.15, -0.1) is 6.58 Å². The van der Waals surface area contributed by atoms with Crippen LogP contribution in [0.5, 0.6) is 0 Å². The lowest BCUT2D eigenvalue weighted by atomic mass is 10.2. The summed E-state index contributed by atoms with van der Waals surface area (Å²) in [5.41, 5.74) is 1.29. The lowest BCUT2D eigenvalue weighted by Crippen LogP contribution is -2.28. The van der Waals surface area contributed by atoms with Crippen molar-refractivity contribution in [3.63, 3.8) is 0 Å². The van der Waals surface area contributed by atoms with E-state index in [1.54, 1.807) is 31.2 Å². The Hall–Kier alpha value is -3.26. The molecule has 134 valence electrons. The van der Waals surface area contributed by atoms with E-state index in [0.29, 0.717) is 35.4 Å². The lowest BCUT2D eigenvalue weighted by Gasteiger charge is -2.15. The molecule has 0 aliphatic carbocycles. The molecule has 2 heterocycles. The summed E-state index contributed by atoms with van der Waals surface area (Å²) in [6.07, 6.45) is 4.56. The van der Waals surface area contributed by atoms with Crippen molar-refractivity contribution >= 4 is 22.6 Å². The van der Waals surface area contributed by atoms with Gasteiger partial charge in [-0.1, -0.05) is 18.2 Å². The van der Waals surface area contributed by atoms with Crippen LogP contribution in [0.2, 0.25) is 0 Å². The fourth-order valence-electron chi connectivity index (χ4n) is 2.43. The minimum absolute atomic E-state index is 0.271. The predicted octanol–water partition coefficient (Wildman–Crippen LogP) is 2.03. The van der Waals surface area contributed by atoms with Crippen LogP contribution in [0.4, 0.5) is 5.69 Å². The molecule has 0 bridgehead atoms. The second-order valence-corrected chi connectivity index (χ2v) is 5.62. The number of carbonyl (C=O) groups is 1. The van der Waals surface area contributed by atoms with Crippen molar-refractivity contribution in [1.29, 1.82) is 0 Å². The van der Waals surface area contributed by atoms with Gasteiger partial charge in [-0.25, -0.2) is 9.67 Å². The van der Waals surface area contributed by atoms with Gasteiger partial charge in [-0.2, -0.15) is 5.10 Å². The van der Waals surface area contributed by atoms with E-state index in [2.05, 4.69) is 27.0 Å². The molecule has 2 N–H and O–H groups in total. The first-order valence-corrected chi connectivity index (χ1v) is 8.16. The van der Waals surface area contributed by atoms with Crippen LogP contribution in [0.25, 0.3) is 16.7 Å². The van der Waals surface area contributed by atoms with Crippen LogP contribution in [-0.2, 0) is 9.53 Å². The average Bonchev–Trinajstić information content (AvgIpc) is 3.07. The lowest BCUT2D eigenvalue weighted by molar-refractivity contribution is -0.126. The number of para-hydroxylation sites is 2. The summed E-state index contributed by atoms with van der Waals surface area (Å²) in [7, 11) is 0. The largest absolute Gasteiger partial charge is 0.368 e. The second kappa shape index (κ2) is 7.75. The first-order valence-electron chi connectivity index (χ1n) is 8.16. The number of hydrogen-bond acceptors (Lipinski definition) is 5. The molecule has 0 saturated heterocycles. The highest BCUT2D eigenvalue weighted by Gasteiger charge is 2.17. The zero-order valence-corrected chi connectivity index (χ0v) is 14.3. The molecule has 1 unspecified atom stereocenters. The zero-order valence-electron chi connectivity index (χ0n) is 14.3. The summed E-state index contributed by atoms with van der Waals surface area (Å²) in [5.74, 6) is -0.274. The van der Waals surface area contributed by atoms with Gasteiger partial charge in [0.2, 0.25) is 0 Å². The number of fused-ring (bicyclic) bond motifs is 1. The number of amides is 1. The summed E-state index contributed by atoms with van der Waals surface area (Å²) in [4.78, 5) is 30.9. The molecule has 0 spiro atoms. The van der Waals surface area contributed by atoms with E-state index < -0.39 is 6.10 Å². The first-order chi connectivity index (χ1) is 12.6. The monoisotopic (exact) mass is 353 g/mol. The van der Waals surface area contributed by atoms with Crippen LogP contribution in [0.15, 0.2) is 54.2 Å². The third-order valence-electron chi connectivity index (χ3n) is 3.82. The molecule has 0 radical (unpaired) electrons. The Bertz CT molecular complexity index is 992. The summed E-state index contributed by atoms with van der Waals surface area (Å²) >= 11 is 0. The van der Waals surface area contributed by atoms with Crippen LogP contribution in [-0.4, -0.2) is 38.4 Å². The SMILES string of the molecule is C=CCCOC(C)C(=O)Nc1ccccc1-n1ncc2c(=O)[nH]cnc21. The van der Waals surface area contributed by atoms with Gasteiger partial charge in [0, 0.05) is 0 Å². The van der Waals surface area contributed by atoms with Crippen LogP contribution in [0.3, 0.4) is 0 Å². The number of hydrogen-bond donors (Lipinski definition) is 2. The molecule has 3 rings (SSSR count). The fourth-order valence-corrected chi connectivity index (χ4v) is 2.43. The van der Waals surface area contributed by atoms with E-state index in [-0.39, 0.29) is 11.5 Å². The number of benzene rings is 1. The molecule has 1 atom stereocenters.